The van der Waals surface area contributed by atoms with E-state index in [-0.39, 0.29) is 17.2 Å². The first-order chi connectivity index (χ1) is 19.8. The van der Waals surface area contributed by atoms with Crippen molar-refractivity contribution in [2.75, 3.05) is 31.9 Å². The molecule has 41 heavy (non-hydrogen) atoms. The molecule has 5 heterocycles. The highest BCUT2D eigenvalue weighted by atomic mass is 19.4. The molecular formula is C29H25F3N8O. The normalized spacial score (nSPS) is 14.5. The Morgan fingerprint density at radius 3 is 2.39 bits per heavy atom. The first-order valence-corrected chi connectivity index (χ1v) is 12.9. The van der Waals surface area contributed by atoms with Crippen molar-refractivity contribution in [3.63, 3.8) is 0 Å². The first kappa shape index (κ1) is 26.4. The lowest BCUT2D eigenvalue weighted by molar-refractivity contribution is -0.137. The first-order valence-electron chi connectivity index (χ1n) is 12.9. The number of nitrogens with two attached hydrogens (primary N) is 1. The third-order valence-corrected chi connectivity index (χ3v) is 7.10. The summed E-state index contributed by atoms with van der Waals surface area (Å²) in [4.78, 5) is 29.6. The highest BCUT2D eigenvalue weighted by Gasteiger charge is 2.34. The Bertz CT molecular complexity index is 1700. The molecule has 0 radical (unpaired) electrons. The predicted octanol–water partition coefficient (Wildman–Crippen LogP) is 4.41. The van der Waals surface area contributed by atoms with Crippen molar-refractivity contribution in [1.29, 1.82) is 0 Å². The summed E-state index contributed by atoms with van der Waals surface area (Å²) in [5, 5.41) is 4.52. The number of fused-ring (bicyclic) bond motifs is 1. The zero-order valence-corrected chi connectivity index (χ0v) is 21.8. The number of alkyl halides is 3. The maximum absolute atomic E-state index is 13.4. The van der Waals surface area contributed by atoms with Gasteiger partial charge in [0.05, 0.1) is 23.1 Å². The molecule has 0 saturated carbocycles. The lowest BCUT2D eigenvalue weighted by Gasteiger charge is -2.34. The van der Waals surface area contributed by atoms with Crippen LogP contribution in [0.2, 0.25) is 0 Å². The van der Waals surface area contributed by atoms with E-state index < -0.39 is 17.6 Å². The zero-order valence-electron chi connectivity index (χ0n) is 21.8. The maximum atomic E-state index is 13.4. The van der Waals surface area contributed by atoms with Crippen molar-refractivity contribution in [2.24, 2.45) is 0 Å². The van der Waals surface area contributed by atoms with Gasteiger partial charge in [0.2, 0.25) is 0 Å². The molecule has 9 nitrogen and oxygen atoms in total. The quantitative estimate of drug-likeness (QED) is 0.341. The van der Waals surface area contributed by atoms with Crippen LogP contribution in [0.4, 0.5) is 19.0 Å². The number of nitrogen functional groups attached to an aromatic ring is 1. The number of carbonyl (C=O) groups is 1. The van der Waals surface area contributed by atoms with Crippen LogP contribution in [-0.4, -0.2) is 66.5 Å². The molecular weight excluding hydrogens is 533 g/mol. The minimum absolute atomic E-state index is 0.0348. The minimum Gasteiger partial charge on any atom is -0.383 e. The number of carbonyl (C=O) groups excluding carboxylic acids is 1. The number of hydrogen-bond donors (Lipinski definition) is 1. The van der Waals surface area contributed by atoms with E-state index in [1.165, 1.54) is 6.20 Å². The fraction of sp³-hybridized carbons (Fsp3) is 0.207. The molecule has 0 spiro atoms. The van der Waals surface area contributed by atoms with Crippen molar-refractivity contribution < 1.29 is 18.0 Å². The number of piperazine rings is 1. The number of benzene rings is 1. The summed E-state index contributed by atoms with van der Waals surface area (Å²) in [6.07, 6.45) is 1.87. The molecule has 1 fully saturated rings. The highest BCUT2D eigenvalue weighted by Crippen LogP contribution is 2.35. The second kappa shape index (κ2) is 10.6. The molecule has 0 unspecified atom stereocenters. The average molecular weight is 559 g/mol. The smallest absolute Gasteiger partial charge is 0.383 e. The molecule has 1 aromatic carbocycles. The third-order valence-electron chi connectivity index (χ3n) is 7.10. The summed E-state index contributed by atoms with van der Waals surface area (Å²) in [5.74, 6) is -0.626. The summed E-state index contributed by atoms with van der Waals surface area (Å²) in [7, 11) is 0. The van der Waals surface area contributed by atoms with Gasteiger partial charge in [-0.25, -0.2) is 14.5 Å². The van der Waals surface area contributed by atoms with Crippen molar-refractivity contribution >= 4 is 17.4 Å². The van der Waals surface area contributed by atoms with Crippen molar-refractivity contribution in [3.05, 3.63) is 96.1 Å². The van der Waals surface area contributed by atoms with Gasteiger partial charge in [-0.15, -0.1) is 0 Å². The SMILES string of the molecule is Nc1ncc(-c2ccc3ncc(-c4ccc(C(=O)N5CCN(Cc6cccnc6)CC5)cc4)n3n2)cc1C(F)(F)F. The molecule has 1 aliphatic rings. The van der Waals surface area contributed by atoms with Crippen molar-refractivity contribution in [1.82, 2.24) is 34.4 Å². The van der Waals surface area contributed by atoms with Crippen LogP contribution in [-0.2, 0) is 12.7 Å². The van der Waals surface area contributed by atoms with Crippen LogP contribution >= 0.6 is 0 Å². The monoisotopic (exact) mass is 558 g/mol. The second-order valence-electron chi connectivity index (χ2n) is 9.79. The van der Waals surface area contributed by atoms with Crippen LogP contribution in [0, 0.1) is 0 Å². The van der Waals surface area contributed by atoms with Gasteiger partial charge in [0.1, 0.15) is 5.82 Å². The summed E-state index contributed by atoms with van der Waals surface area (Å²) in [5.41, 5.74) is 8.51. The number of pyridine rings is 2. The fourth-order valence-corrected chi connectivity index (χ4v) is 4.89. The van der Waals surface area contributed by atoms with E-state index in [1.807, 2.05) is 35.4 Å². The van der Waals surface area contributed by atoms with Crippen LogP contribution in [0.25, 0.3) is 28.2 Å². The number of amides is 1. The molecule has 0 bridgehead atoms. The van der Waals surface area contributed by atoms with Gasteiger partial charge in [0.25, 0.3) is 5.91 Å². The molecule has 4 aromatic heterocycles. The van der Waals surface area contributed by atoms with Gasteiger partial charge < -0.3 is 10.6 Å². The molecule has 5 aromatic rings. The molecule has 0 atom stereocenters. The molecule has 6 rings (SSSR count). The van der Waals surface area contributed by atoms with E-state index >= 15 is 0 Å². The largest absolute Gasteiger partial charge is 0.419 e. The number of nitrogens with zero attached hydrogens (tertiary/aromatic N) is 7. The molecule has 208 valence electrons. The number of imidazole rings is 1. The average Bonchev–Trinajstić information content (AvgIpc) is 3.41. The Hall–Kier alpha value is -4.84. The Morgan fingerprint density at radius 1 is 0.902 bits per heavy atom. The van der Waals surface area contributed by atoms with Crippen LogP contribution in [0.5, 0.6) is 0 Å². The Kier molecular flexibility index (Phi) is 6.83. The van der Waals surface area contributed by atoms with Crippen LogP contribution in [0.15, 0.2) is 79.4 Å². The lowest BCUT2D eigenvalue weighted by atomic mass is 10.1. The number of halogens is 3. The number of rotatable bonds is 5. The summed E-state index contributed by atoms with van der Waals surface area (Å²) >= 11 is 0. The Morgan fingerprint density at radius 2 is 1.68 bits per heavy atom. The van der Waals surface area contributed by atoms with Gasteiger partial charge in [0.15, 0.2) is 5.65 Å². The Labute approximate surface area is 233 Å². The van der Waals surface area contributed by atoms with Crippen molar-refractivity contribution in [3.8, 4) is 22.5 Å². The van der Waals surface area contributed by atoms with E-state index in [4.69, 9.17) is 5.73 Å². The minimum atomic E-state index is -4.63. The molecule has 0 aliphatic carbocycles. The summed E-state index contributed by atoms with van der Waals surface area (Å²) in [6.45, 7) is 3.64. The van der Waals surface area contributed by atoms with Crippen LogP contribution < -0.4 is 5.73 Å². The van der Waals surface area contributed by atoms with Crippen molar-refractivity contribution in [2.45, 2.75) is 12.7 Å². The summed E-state index contributed by atoms with van der Waals surface area (Å²) in [6, 6.07) is 15.3. The fourth-order valence-electron chi connectivity index (χ4n) is 4.89. The lowest BCUT2D eigenvalue weighted by Crippen LogP contribution is -2.48. The van der Waals surface area contributed by atoms with Crippen LogP contribution in [0.3, 0.4) is 0 Å². The van der Waals surface area contributed by atoms with Gasteiger partial charge in [-0.1, -0.05) is 18.2 Å². The van der Waals surface area contributed by atoms with E-state index in [9.17, 15) is 18.0 Å². The number of anilines is 1. The number of aromatic nitrogens is 5. The standard InChI is InChI=1S/C29H25F3N8O/c30-29(31,32)23-14-22(16-36-27(23)33)24-7-8-26-35-17-25(40(26)37-24)20-3-5-21(6-4-20)28(41)39-12-10-38(11-13-39)18-19-2-1-9-34-15-19/h1-9,14-17H,10-13,18H2,(H2,33,36). The van der Waals surface area contributed by atoms with Gasteiger partial charge in [-0.3, -0.25) is 14.7 Å². The topological polar surface area (TPSA) is 106 Å². The van der Waals surface area contributed by atoms with E-state index in [2.05, 4.69) is 25.0 Å². The highest BCUT2D eigenvalue weighted by molar-refractivity contribution is 5.94. The van der Waals surface area contributed by atoms with Gasteiger partial charge >= 0.3 is 6.18 Å². The van der Waals surface area contributed by atoms with Crippen LogP contribution in [0.1, 0.15) is 21.5 Å². The maximum Gasteiger partial charge on any atom is 0.419 e. The predicted molar refractivity (Wildman–Crippen MR) is 146 cm³/mol. The second-order valence-corrected chi connectivity index (χ2v) is 9.79. The van der Waals surface area contributed by atoms with E-state index in [1.54, 1.807) is 41.2 Å². The molecule has 12 heteroatoms. The molecule has 1 saturated heterocycles. The third kappa shape index (κ3) is 5.46. The summed E-state index contributed by atoms with van der Waals surface area (Å²) < 4.78 is 41.6. The van der Waals surface area contributed by atoms with E-state index in [0.29, 0.717) is 30.0 Å². The Balaban J connectivity index is 1.18. The zero-order chi connectivity index (χ0) is 28.6. The molecule has 2 N–H and O–H groups in total. The van der Waals surface area contributed by atoms with E-state index in [0.717, 1.165) is 36.8 Å². The van der Waals surface area contributed by atoms with Gasteiger partial charge in [0, 0.05) is 68.0 Å². The molecule has 1 amide bonds. The number of hydrogen-bond acceptors (Lipinski definition) is 7. The van der Waals surface area contributed by atoms with Gasteiger partial charge in [-0.2, -0.15) is 18.3 Å². The molecule has 1 aliphatic heterocycles. The van der Waals surface area contributed by atoms with Gasteiger partial charge in [-0.05, 0) is 42.0 Å².